The van der Waals surface area contributed by atoms with Gasteiger partial charge in [-0.1, -0.05) is 20.8 Å². The van der Waals surface area contributed by atoms with E-state index in [4.69, 9.17) is 4.74 Å². The average Bonchev–Trinajstić information content (AvgIpc) is 2.52. The molecule has 0 spiro atoms. The Labute approximate surface area is 156 Å². The predicted octanol–water partition coefficient (Wildman–Crippen LogP) is 2.73. The fourth-order valence-corrected chi connectivity index (χ4v) is 4.73. The minimum atomic E-state index is -2.98. The smallest absolute Gasteiger partial charge is 0.220 e. The van der Waals surface area contributed by atoms with Gasteiger partial charge >= 0.3 is 0 Å². The van der Waals surface area contributed by atoms with Gasteiger partial charge in [-0.15, -0.1) is 0 Å². The van der Waals surface area contributed by atoms with Crippen molar-refractivity contribution in [2.24, 2.45) is 11.3 Å². The molecule has 146 valence electrons. The summed E-state index contributed by atoms with van der Waals surface area (Å²) < 4.78 is 29.2. The van der Waals surface area contributed by atoms with Gasteiger partial charge in [-0.25, -0.2) is 8.42 Å². The molecule has 2 heterocycles. The van der Waals surface area contributed by atoms with Crippen LogP contribution in [0.1, 0.15) is 52.0 Å². The van der Waals surface area contributed by atoms with E-state index in [1.165, 1.54) is 0 Å². The first-order valence-electron chi connectivity index (χ1n) is 9.17. The lowest BCUT2D eigenvalue weighted by atomic mass is 9.93. The van der Waals surface area contributed by atoms with Gasteiger partial charge in [-0.2, -0.15) is 0 Å². The molecule has 1 unspecified atom stereocenters. The normalized spacial score (nSPS) is 19.7. The number of pyridine rings is 1. The second kappa shape index (κ2) is 8.84. The van der Waals surface area contributed by atoms with Crippen molar-refractivity contribution in [3.63, 3.8) is 0 Å². The van der Waals surface area contributed by atoms with E-state index in [1.807, 2.05) is 6.07 Å². The van der Waals surface area contributed by atoms with Crippen LogP contribution in [0, 0.1) is 11.3 Å². The molecule has 1 aliphatic rings. The van der Waals surface area contributed by atoms with Gasteiger partial charge in [0.05, 0.1) is 24.3 Å². The molecule has 1 saturated heterocycles. The number of nitrogens with zero attached hydrogens (tertiary/aromatic N) is 1. The molecule has 6 nitrogen and oxygen atoms in total. The van der Waals surface area contributed by atoms with Crippen LogP contribution in [0.3, 0.4) is 0 Å². The van der Waals surface area contributed by atoms with E-state index in [-0.39, 0.29) is 35.2 Å². The van der Waals surface area contributed by atoms with Crippen molar-refractivity contribution in [2.45, 2.75) is 53.0 Å². The molecule has 1 fully saturated rings. The molecular formula is C19H30N2O4S. The molecule has 7 heteroatoms. The van der Waals surface area contributed by atoms with Crippen molar-refractivity contribution in [3.8, 4) is 5.75 Å². The number of rotatable bonds is 7. The van der Waals surface area contributed by atoms with Gasteiger partial charge in [0, 0.05) is 24.7 Å². The van der Waals surface area contributed by atoms with Gasteiger partial charge in [0.2, 0.25) is 5.91 Å². The van der Waals surface area contributed by atoms with Crippen molar-refractivity contribution >= 4 is 15.7 Å². The number of sulfone groups is 1. The molecule has 1 N–H and O–H groups in total. The van der Waals surface area contributed by atoms with Crippen LogP contribution >= 0.6 is 0 Å². The van der Waals surface area contributed by atoms with Crippen molar-refractivity contribution in [1.82, 2.24) is 10.3 Å². The maximum atomic E-state index is 12.2. The fraction of sp³-hybridized carbons (Fsp3) is 0.684. The Morgan fingerprint density at radius 2 is 2.15 bits per heavy atom. The molecule has 0 bridgehead atoms. The van der Waals surface area contributed by atoms with Gasteiger partial charge in [0.15, 0.2) is 9.84 Å². The highest BCUT2D eigenvalue weighted by atomic mass is 32.2. The summed E-state index contributed by atoms with van der Waals surface area (Å²) >= 11 is 0. The maximum absolute atomic E-state index is 12.2. The Morgan fingerprint density at radius 3 is 2.85 bits per heavy atom. The Balaban J connectivity index is 1.84. The molecule has 1 aliphatic heterocycles. The Kier molecular flexibility index (Phi) is 7.03. The summed E-state index contributed by atoms with van der Waals surface area (Å²) in [7, 11) is -2.98. The van der Waals surface area contributed by atoms with E-state index in [9.17, 15) is 13.2 Å². The van der Waals surface area contributed by atoms with E-state index in [1.54, 1.807) is 12.4 Å². The molecular weight excluding hydrogens is 352 g/mol. The van der Waals surface area contributed by atoms with Gasteiger partial charge in [0.1, 0.15) is 5.75 Å². The lowest BCUT2D eigenvalue weighted by Crippen LogP contribution is -2.31. The monoisotopic (exact) mass is 382 g/mol. The summed E-state index contributed by atoms with van der Waals surface area (Å²) in [5.74, 6) is 0.851. The predicted molar refractivity (Wildman–Crippen MR) is 102 cm³/mol. The Morgan fingerprint density at radius 1 is 1.38 bits per heavy atom. The summed E-state index contributed by atoms with van der Waals surface area (Å²) in [6.07, 6.45) is 5.96. The minimum Gasteiger partial charge on any atom is -0.492 e. The number of ether oxygens (including phenoxy) is 1. The number of hydrogen-bond acceptors (Lipinski definition) is 5. The van der Waals surface area contributed by atoms with Crippen LogP contribution in [0.25, 0.3) is 0 Å². The summed E-state index contributed by atoms with van der Waals surface area (Å²) in [5, 5.41) is 2.88. The molecule has 1 atom stereocenters. The minimum absolute atomic E-state index is 0.0753. The highest BCUT2D eigenvalue weighted by Gasteiger charge is 2.26. The zero-order valence-electron chi connectivity index (χ0n) is 16.0. The van der Waals surface area contributed by atoms with Gasteiger partial charge in [-0.3, -0.25) is 9.78 Å². The first-order valence-corrected chi connectivity index (χ1v) is 11.0. The van der Waals surface area contributed by atoms with Crippen LogP contribution < -0.4 is 10.1 Å². The number of nitrogens with one attached hydrogen (secondary N) is 1. The van der Waals surface area contributed by atoms with Crippen molar-refractivity contribution in [1.29, 1.82) is 0 Å². The van der Waals surface area contributed by atoms with E-state index in [0.29, 0.717) is 25.3 Å². The maximum Gasteiger partial charge on any atom is 0.220 e. The second-order valence-electron chi connectivity index (χ2n) is 8.25. The molecule has 0 saturated carbocycles. The quantitative estimate of drug-likeness (QED) is 0.784. The molecule has 2 rings (SSSR count). The third-order valence-corrected chi connectivity index (χ3v) is 6.38. The molecule has 1 aromatic heterocycles. The number of carbonyl (C=O) groups is 1. The summed E-state index contributed by atoms with van der Waals surface area (Å²) in [4.78, 5) is 16.3. The molecule has 0 aliphatic carbocycles. The first kappa shape index (κ1) is 20.7. The van der Waals surface area contributed by atoms with Gasteiger partial charge < -0.3 is 10.1 Å². The highest BCUT2D eigenvalue weighted by molar-refractivity contribution is 7.91. The zero-order chi connectivity index (χ0) is 19.2. The molecule has 1 aromatic rings. The van der Waals surface area contributed by atoms with Crippen molar-refractivity contribution in [2.75, 3.05) is 18.1 Å². The van der Waals surface area contributed by atoms with Crippen LogP contribution in [0.5, 0.6) is 5.75 Å². The number of carbonyl (C=O) groups excluding carboxylic acids is 1. The van der Waals surface area contributed by atoms with E-state index in [2.05, 4.69) is 31.1 Å². The first-order chi connectivity index (χ1) is 12.1. The summed E-state index contributed by atoms with van der Waals surface area (Å²) in [5.41, 5.74) is 1.07. The Bertz CT molecular complexity index is 710. The molecule has 0 aromatic carbocycles. The lowest BCUT2D eigenvalue weighted by Gasteiger charge is -2.21. The standard InChI is InChI=1S/C19H30N2O4S/c1-19(2,3)7-9-25-17-13-20-8-6-16(17)12-21-18(22)11-15-5-4-10-26(23,24)14-15/h6,8,13,15H,4-5,7,9-12,14H2,1-3H3,(H,21,22). The average molecular weight is 383 g/mol. The van der Waals surface area contributed by atoms with Crippen LogP contribution in [-0.4, -0.2) is 37.4 Å². The zero-order valence-corrected chi connectivity index (χ0v) is 16.8. The van der Waals surface area contributed by atoms with E-state index >= 15 is 0 Å². The molecule has 26 heavy (non-hydrogen) atoms. The van der Waals surface area contributed by atoms with Crippen LogP contribution in [0.4, 0.5) is 0 Å². The second-order valence-corrected chi connectivity index (χ2v) is 10.5. The van der Waals surface area contributed by atoms with E-state index < -0.39 is 9.84 Å². The Hall–Kier alpha value is -1.63. The summed E-state index contributed by atoms with van der Waals surface area (Å²) in [6, 6.07) is 1.83. The molecule has 0 radical (unpaired) electrons. The third-order valence-electron chi connectivity index (χ3n) is 4.49. The van der Waals surface area contributed by atoms with Crippen molar-refractivity contribution < 1.29 is 17.9 Å². The fourth-order valence-electron chi connectivity index (χ4n) is 2.96. The number of hydrogen-bond donors (Lipinski definition) is 1. The SMILES string of the molecule is CC(C)(C)CCOc1cnccc1CNC(=O)CC1CCCS(=O)(=O)C1. The van der Waals surface area contributed by atoms with Gasteiger partial charge in [0.25, 0.3) is 0 Å². The third kappa shape index (κ3) is 7.32. The van der Waals surface area contributed by atoms with Crippen LogP contribution in [0.15, 0.2) is 18.5 Å². The van der Waals surface area contributed by atoms with E-state index in [0.717, 1.165) is 18.4 Å². The van der Waals surface area contributed by atoms with Gasteiger partial charge in [-0.05, 0) is 36.7 Å². The lowest BCUT2D eigenvalue weighted by molar-refractivity contribution is -0.122. The largest absolute Gasteiger partial charge is 0.492 e. The number of aromatic nitrogens is 1. The number of amides is 1. The summed E-state index contributed by atoms with van der Waals surface area (Å²) in [6.45, 7) is 7.42. The molecule has 1 amide bonds. The topological polar surface area (TPSA) is 85.4 Å². The van der Waals surface area contributed by atoms with Crippen molar-refractivity contribution in [3.05, 3.63) is 24.0 Å². The highest BCUT2D eigenvalue weighted by Crippen LogP contribution is 2.23. The van der Waals surface area contributed by atoms with Crippen LogP contribution in [0.2, 0.25) is 0 Å². The van der Waals surface area contributed by atoms with Crippen LogP contribution in [-0.2, 0) is 21.2 Å².